The van der Waals surface area contributed by atoms with Gasteiger partial charge in [0.25, 0.3) is 0 Å². The number of ketones is 1. The van der Waals surface area contributed by atoms with E-state index in [0.29, 0.717) is 18.6 Å². The van der Waals surface area contributed by atoms with Crippen LogP contribution in [0.25, 0.3) is 5.76 Å². The van der Waals surface area contributed by atoms with Crippen molar-refractivity contribution in [3.8, 4) is 0 Å². The third kappa shape index (κ3) is 1.45. The third-order valence-corrected chi connectivity index (χ3v) is 5.57. The van der Waals surface area contributed by atoms with Gasteiger partial charge in [-0.3, -0.25) is 9.59 Å². The molecular weight excluding hydrogens is 351 g/mol. The minimum atomic E-state index is -0.972. The molecule has 1 fully saturated rings. The summed E-state index contributed by atoms with van der Waals surface area (Å²) in [5, 5.41) is 1.93. The van der Waals surface area contributed by atoms with Crippen molar-refractivity contribution in [3.63, 3.8) is 0 Å². The molecule has 1 spiro atoms. The molecule has 3 nitrogen and oxygen atoms in total. The Labute approximate surface area is 116 Å². The summed E-state index contributed by atoms with van der Waals surface area (Å²) in [5.74, 6) is 0.215. The summed E-state index contributed by atoms with van der Waals surface area (Å²) in [5.41, 5.74) is -0.972. The Kier molecular flexibility index (Phi) is 2.62. The van der Waals surface area contributed by atoms with Gasteiger partial charge in [0, 0.05) is 6.42 Å². The Morgan fingerprint density at radius 3 is 2.82 bits per heavy atom. The van der Waals surface area contributed by atoms with E-state index in [1.807, 2.05) is 17.5 Å². The highest BCUT2D eigenvalue weighted by atomic mass is 127. The van der Waals surface area contributed by atoms with Crippen molar-refractivity contribution in [2.24, 2.45) is 5.41 Å². The maximum Gasteiger partial charge on any atom is 0.330 e. The normalized spacial score (nSPS) is 28.3. The molecule has 0 bridgehead atoms. The van der Waals surface area contributed by atoms with Crippen LogP contribution >= 0.6 is 33.9 Å². The number of hydrogen-bond donors (Lipinski definition) is 0. The van der Waals surface area contributed by atoms with E-state index < -0.39 is 5.41 Å². The van der Waals surface area contributed by atoms with Crippen LogP contribution in [0.15, 0.2) is 21.1 Å². The Bertz CT molecular complexity index is 532. The lowest BCUT2D eigenvalue weighted by molar-refractivity contribution is -0.147. The number of thiophene rings is 1. The van der Waals surface area contributed by atoms with Crippen LogP contribution in [-0.4, -0.2) is 11.8 Å². The Morgan fingerprint density at radius 2 is 2.24 bits per heavy atom. The second-order valence-corrected chi connectivity index (χ2v) is 6.22. The van der Waals surface area contributed by atoms with Gasteiger partial charge in [0.15, 0.2) is 17.0 Å². The van der Waals surface area contributed by atoms with Crippen molar-refractivity contribution in [2.45, 2.75) is 19.3 Å². The summed E-state index contributed by atoms with van der Waals surface area (Å²) in [7, 11) is 0. The van der Waals surface area contributed by atoms with Gasteiger partial charge in [0.05, 0.1) is 8.46 Å². The second kappa shape index (κ2) is 3.91. The molecular formula is C12H9IO3S. The van der Waals surface area contributed by atoms with E-state index >= 15 is 0 Å². The molecule has 1 saturated carbocycles. The summed E-state index contributed by atoms with van der Waals surface area (Å²) in [6, 6.07) is 3.82. The smallest absolute Gasteiger partial charge is 0.330 e. The van der Waals surface area contributed by atoms with Crippen molar-refractivity contribution >= 4 is 51.4 Å². The van der Waals surface area contributed by atoms with Crippen molar-refractivity contribution < 1.29 is 14.3 Å². The summed E-state index contributed by atoms with van der Waals surface area (Å²) >= 11 is 3.62. The SMILES string of the molecule is O=C1CCC[C@]12C(=O)OC(c1cccs1)=C2I. The fourth-order valence-corrected chi connectivity index (χ4v) is 4.48. The van der Waals surface area contributed by atoms with Crippen LogP contribution in [0.4, 0.5) is 0 Å². The zero-order chi connectivity index (χ0) is 12.0. The molecule has 1 aliphatic heterocycles. The van der Waals surface area contributed by atoms with Gasteiger partial charge in [-0.1, -0.05) is 6.07 Å². The molecule has 2 heterocycles. The fourth-order valence-electron chi connectivity index (χ4n) is 2.39. The second-order valence-electron chi connectivity index (χ2n) is 4.19. The van der Waals surface area contributed by atoms with E-state index in [9.17, 15) is 9.59 Å². The Morgan fingerprint density at radius 1 is 1.41 bits per heavy atom. The molecule has 1 atom stereocenters. The molecule has 2 aliphatic rings. The molecule has 88 valence electrons. The van der Waals surface area contributed by atoms with Gasteiger partial charge in [0.2, 0.25) is 0 Å². The first kappa shape index (κ1) is 11.4. The third-order valence-electron chi connectivity index (χ3n) is 3.29. The molecule has 0 amide bonds. The van der Waals surface area contributed by atoms with Crippen molar-refractivity contribution in [1.82, 2.24) is 0 Å². The molecule has 0 unspecified atom stereocenters. The highest BCUT2D eigenvalue weighted by Gasteiger charge is 2.57. The van der Waals surface area contributed by atoms with Crippen molar-refractivity contribution in [2.75, 3.05) is 0 Å². The molecule has 1 aliphatic carbocycles. The minimum absolute atomic E-state index is 0.0125. The van der Waals surface area contributed by atoms with E-state index in [-0.39, 0.29) is 11.8 Å². The summed E-state index contributed by atoms with van der Waals surface area (Å²) < 4.78 is 6.12. The lowest BCUT2D eigenvalue weighted by Gasteiger charge is -2.16. The van der Waals surface area contributed by atoms with Gasteiger partial charge in [-0.25, -0.2) is 0 Å². The van der Waals surface area contributed by atoms with Crippen LogP contribution in [0.5, 0.6) is 0 Å². The number of esters is 1. The van der Waals surface area contributed by atoms with Gasteiger partial charge in [0.1, 0.15) is 0 Å². The van der Waals surface area contributed by atoms with Crippen LogP contribution < -0.4 is 0 Å². The fraction of sp³-hybridized carbons (Fsp3) is 0.333. The standard InChI is InChI=1S/C12H9IO3S/c13-10-9(7-3-2-6-17-7)16-11(15)12(10)5-1-4-8(12)14/h2-3,6H,1,4-5H2/t12-/m0/s1. The van der Waals surface area contributed by atoms with Crippen LogP contribution in [0, 0.1) is 5.41 Å². The van der Waals surface area contributed by atoms with E-state index in [1.165, 1.54) is 11.3 Å². The lowest BCUT2D eigenvalue weighted by atomic mass is 9.86. The van der Waals surface area contributed by atoms with Crippen molar-refractivity contribution in [3.05, 3.63) is 26.0 Å². The first-order valence-electron chi connectivity index (χ1n) is 5.36. The van der Waals surface area contributed by atoms with Crippen LogP contribution in [0.1, 0.15) is 24.1 Å². The molecule has 0 aromatic carbocycles. The number of hydrogen-bond acceptors (Lipinski definition) is 4. The van der Waals surface area contributed by atoms with Gasteiger partial charge in [-0.05, 0) is 46.9 Å². The van der Waals surface area contributed by atoms with Crippen molar-refractivity contribution in [1.29, 1.82) is 0 Å². The molecule has 0 saturated heterocycles. The summed E-state index contributed by atoms with van der Waals surface area (Å²) in [6.07, 6.45) is 1.86. The summed E-state index contributed by atoms with van der Waals surface area (Å²) in [6.45, 7) is 0. The van der Waals surface area contributed by atoms with E-state index in [4.69, 9.17) is 4.74 Å². The molecule has 0 N–H and O–H groups in total. The Hall–Kier alpha value is -0.690. The molecule has 1 aromatic rings. The van der Waals surface area contributed by atoms with Crippen LogP contribution in [-0.2, 0) is 14.3 Å². The predicted molar refractivity (Wildman–Crippen MR) is 72.6 cm³/mol. The minimum Gasteiger partial charge on any atom is -0.423 e. The molecule has 17 heavy (non-hydrogen) atoms. The number of cyclic esters (lactones) is 1. The van der Waals surface area contributed by atoms with E-state index in [2.05, 4.69) is 22.6 Å². The number of carbonyl (C=O) groups is 2. The topological polar surface area (TPSA) is 43.4 Å². The quantitative estimate of drug-likeness (QED) is 0.439. The predicted octanol–water partition coefficient (Wildman–Crippen LogP) is 3.15. The molecule has 0 radical (unpaired) electrons. The lowest BCUT2D eigenvalue weighted by Crippen LogP contribution is -2.32. The van der Waals surface area contributed by atoms with E-state index in [0.717, 1.165) is 14.9 Å². The summed E-state index contributed by atoms with van der Waals surface area (Å²) in [4.78, 5) is 25.0. The van der Waals surface area contributed by atoms with Gasteiger partial charge in [-0.15, -0.1) is 11.3 Å². The Balaban J connectivity index is 2.14. The number of Topliss-reactive ketones (excluding diaryl/α,β-unsaturated/α-hetero) is 1. The monoisotopic (exact) mass is 360 g/mol. The van der Waals surface area contributed by atoms with Crippen LogP contribution in [0.3, 0.4) is 0 Å². The maximum absolute atomic E-state index is 12.0. The largest absolute Gasteiger partial charge is 0.423 e. The highest BCUT2D eigenvalue weighted by molar-refractivity contribution is 14.1. The molecule has 3 rings (SSSR count). The number of halogens is 1. The van der Waals surface area contributed by atoms with E-state index in [1.54, 1.807) is 0 Å². The van der Waals surface area contributed by atoms with Crippen LogP contribution in [0.2, 0.25) is 0 Å². The van der Waals surface area contributed by atoms with Gasteiger partial charge in [-0.2, -0.15) is 0 Å². The van der Waals surface area contributed by atoms with Gasteiger partial charge < -0.3 is 4.74 Å². The number of ether oxygens (including phenoxy) is 1. The molecule has 5 heteroatoms. The number of rotatable bonds is 1. The first-order valence-corrected chi connectivity index (χ1v) is 7.32. The van der Waals surface area contributed by atoms with Gasteiger partial charge >= 0.3 is 5.97 Å². The average molecular weight is 360 g/mol. The maximum atomic E-state index is 12.0. The number of carbonyl (C=O) groups excluding carboxylic acids is 2. The highest BCUT2D eigenvalue weighted by Crippen LogP contribution is 2.53. The average Bonchev–Trinajstić information content (AvgIpc) is 2.97. The zero-order valence-corrected chi connectivity index (χ0v) is 11.8. The zero-order valence-electron chi connectivity index (χ0n) is 8.86. The first-order chi connectivity index (χ1) is 8.16. The molecule has 1 aromatic heterocycles.